The molecule has 0 heterocycles. The first-order valence-corrected chi connectivity index (χ1v) is 7.43. The zero-order chi connectivity index (χ0) is 15.9. The lowest BCUT2D eigenvalue weighted by Gasteiger charge is -2.25. The van der Waals surface area contributed by atoms with Gasteiger partial charge in [-0.3, -0.25) is 4.79 Å². The number of aliphatic carboxylic acids is 1. The number of hydrogen-bond donors (Lipinski definition) is 2. The van der Waals surface area contributed by atoms with Crippen molar-refractivity contribution in [3.63, 3.8) is 0 Å². The van der Waals surface area contributed by atoms with Gasteiger partial charge in [0.05, 0.1) is 0 Å². The average Bonchev–Trinajstić information content (AvgIpc) is 3.13. The molecule has 118 valence electrons. The molecule has 0 bridgehead atoms. The van der Waals surface area contributed by atoms with E-state index in [-0.39, 0.29) is 17.4 Å². The Labute approximate surface area is 126 Å². The van der Waals surface area contributed by atoms with E-state index in [1.54, 1.807) is 0 Å². The predicted molar refractivity (Wildman–Crippen MR) is 74.2 cm³/mol. The standard InChI is InChI=1S/C16H17F2NO3/c17-9-3-4-13(18)11(7-9)10-8-12(10)14(20)19-16(15(21)22)5-1-2-6-16/h3-4,7,10,12H,1-2,5-6,8H2,(H,19,20)(H,21,22). The Morgan fingerprint density at radius 1 is 1.23 bits per heavy atom. The molecule has 0 saturated heterocycles. The number of hydrogen-bond acceptors (Lipinski definition) is 2. The maximum Gasteiger partial charge on any atom is 0.329 e. The lowest BCUT2D eigenvalue weighted by Crippen LogP contribution is -2.53. The number of carboxylic acid groups (broad SMARTS) is 1. The van der Waals surface area contributed by atoms with E-state index in [9.17, 15) is 23.5 Å². The van der Waals surface area contributed by atoms with Crippen LogP contribution in [-0.2, 0) is 9.59 Å². The minimum absolute atomic E-state index is 0.191. The summed E-state index contributed by atoms with van der Waals surface area (Å²) in [6.07, 6.45) is 2.78. The van der Waals surface area contributed by atoms with Gasteiger partial charge >= 0.3 is 5.97 Å². The smallest absolute Gasteiger partial charge is 0.329 e. The summed E-state index contributed by atoms with van der Waals surface area (Å²) in [4.78, 5) is 23.7. The zero-order valence-corrected chi connectivity index (χ0v) is 11.9. The average molecular weight is 309 g/mol. The Morgan fingerprint density at radius 3 is 2.55 bits per heavy atom. The van der Waals surface area contributed by atoms with Crippen LogP contribution in [0.25, 0.3) is 0 Å². The Bertz CT molecular complexity index is 626. The Kier molecular flexibility index (Phi) is 3.62. The van der Waals surface area contributed by atoms with Crippen molar-refractivity contribution in [2.45, 2.75) is 43.6 Å². The molecule has 2 fully saturated rings. The van der Waals surface area contributed by atoms with Crippen molar-refractivity contribution in [1.82, 2.24) is 5.32 Å². The van der Waals surface area contributed by atoms with E-state index in [4.69, 9.17) is 0 Å². The van der Waals surface area contributed by atoms with E-state index >= 15 is 0 Å². The highest BCUT2D eigenvalue weighted by Gasteiger charge is 2.50. The first-order chi connectivity index (χ1) is 10.4. The van der Waals surface area contributed by atoms with Crippen LogP contribution in [0.3, 0.4) is 0 Å². The van der Waals surface area contributed by atoms with E-state index < -0.39 is 29.1 Å². The summed E-state index contributed by atoms with van der Waals surface area (Å²) in [5.74, 6) is -3.32. The molecule has 1 amide bonds. The van der Waals surface area contributed by atoms with Crippen LogP contribution in [0.5, 0.6) is 0 Å². The van der Waals surface area contributed by atoms with Crippen LogP contribution in [0.2, 0.25) is 0 Å². The van der Waals surface area contributed by atoms with Crippen LogP contribution in [0.15, 0.2) is 18.2 Å². The van der Waals surface area contributed by atoms with Crippen molar-refractivity contribution < 1.29 is 23.5 Å². The minimum atomic E-state index is -1.19. The van der Waals surface area contributed by atoms with Crippen molar-refractivity contribution in [1.29, 1.82) is 0 Å². The molecule has 3 rings (SSSR count). The van der Waals surface area contributed by atoms with Gasteiger partial charge < -0.3 is 10.4 Å². The number of amides is 1. The third-order valence-corrected chi connectivity index (χ3v) is 4.71. The second-order valence-electron chi connectivity index (χ2n) is 6.20. The third-order valence-electron chi connectivity index (χ3n) is 4.71. The van der Waals surface area contributed by atoms with E-state index in [0.29, 0.717) is 19.3 Å². The Morgan fingerprint density at radius 2 is 1.91 bits per heavy atom. The molecule has 6 heteroatoms. The van der Waals surface area contributed by atoms with Gasteiger partial charge in [-0.15, -0.1) is 0 Å². The number of halogens is 2. The number of carbonyl (C=O) groups is 2. The molecule has 2 saturated carbocycles. The van der Waals surface area contributed by atoms with Gasteiger partial charge in [0.2, 0.25) is 5.91 Å². The summed E-state index contributed by atoms with van der Waals surface area (Å²) < 4.78 is 26.9. The third kappa shape index (κ3) is 2.58. The van der Waals surface area contributed by atoms with Crippen LogP contribution in [0, 0.1) is 17.6 Å². The van der Waals surface area contributed by atoms with E-state index in [0.717, 1.165) is 31.0 Å². The van der Waals surface area contributed by atoms with Gasteiger partial charge in [-0.1, -0.05) is 12.8 Å². The van der Waals surface area contributed by atoms with Crippen molar-refractivity contribution in [2.24, 2.45) is 5.92 Å². The first-order valence-electron chi connectivity index (χ1n) is 7.43. The molecule has 22 heavy (non-hydrogen) atoms. The molecule has 2 aliphatic carbocycles. The summed E-state index contributed by atoms with van der Waals surface area (Å²) in [6, 6.07) is 3.19. The number of benzene rings is 1. The summed E-state index contributed by atoms with van der Waals surface area (Å²) in [6.45, 7) is 0. The van der Waals surface area contributed by atoms with Gasteiger partial charge in [0.25, 0.3) is 0 Å². The molecular weight excluding hydrogens is 292 g/mol. The fourth-order valence-electron chi connectivity index (χ4n) is 3.33. The monoisotopic (exact) mass is 309 g/mol. The van der Waals surface area contributed by atoms with Crippen molar-refractivity contribution in [2.75, 3.05) is 0 Å². The number of nitrogens with one attached hydrogen (secondary N) is 1. The van der Waals surface area contributed by atoms with E-state index in [1.165, 1.54) is 0 Å². The summed E-state index contributed by atoms with van der Waals surface area (Å²) in [5.41, 5.74) is -0.999. The molecule has 2 unspecified atom stereocenters. The molecule has 4 nitrogen and oxygen atoms in total. The fraction of sp³-hybridized carbons (Fsp3) is 0.500. The lowest BCUT2D eigenvalue weighted by molar-refractivity contribution is -0.147. The predicted octanol–water partition coefficient (Wildman–Crippen LogP) is 2.58. The summed E-state index contributed by atoms with van der Waals surface area (Å²) in [5, 5.41) is 12.0. The Hall–Kier alpha value is -1.98. The van der Waals surface area contributed by atoms with Crippen LogP contribution in [-0.4, -0.2) is 22.5 Å². The van der Waals surface area contributed by atoms with Gasteiger partial charge in [0, 0.05) is 5.92 Å². The van der Waals surface area contributed by atoms with Crippen LogP contribution >= 0.6 is 0 Å². The normalized spacial score (nSPS) is 25.7. The molecule has 2 atom stereocenters. The molecule has 2 N–H and O–H groups in total. The van der Waals surface area contributed by atoms with Gasteiger partial charge in [0.15, 0.2) is 0 Å². The quantitative estimate of drug-likeness (QED) is 0.898. The van der Waals surface area contributed by atoms with Crippen molar-refractivity contribution >= 4 is 11.9 Å². The van der Waals surface area contributed by atoms with Gasteiger partial charge in [-0.2, -0.15) is 0 Å². The summed E-state index contributed by atoms with van der Waals surface area (Å²) >= 11 is 0. The molecular formula is C16H17F2NO3. The minimum Gasteiger partial charge on any atom is -0.480 e. The molecule has 1 aromatic carbocycles. The van der Waals surface area contributed by atoms with Gasteiger partial charge in [-0.25, -0.2) is 13.6 Å². The number of carbonyl (C=O) groups excluding carboxylic acids is 1. The number of carboxylic acids is 1. The first kappa shape index (κ1) is 14.9. The molecule has 0 radical (unpaired) electrons. The maximum atomic E-state index is 13.7. The fourth-order valence-corrected chi connectivity index (χ4v) is 3.33. The van der Waals surface area contributed by atoms with E-state index in [2.05, 4.69) is 5.32 Å². The number of rotatable bonds is 4. The highest BCUT2D eigenvalue weighted by Crippen LogP contribution is 2.49. The second kappa shape index (κ2) is 5.34. The molecule has 0 aromatic heterocycles. The molecule has 0 aliphatic heterocycles. The Balaban J connectivity index is 1.70. The SMILES string of the molecule is O=C(NC1(C(=O)O)CCCC1)C1CC1c1cc(F)ccc1F. The second-order valence-corrected chi connectivity index (χ2v) is 6.20. The highest BCUT2D eigenvalue weighted by molar-refractivity contribution is 5.90. The maximum absolute atomic E-state index is 13.7. The zero-order valence-electron chi connectivity index (χ0n) is 11.9. The van der Waals surface area contributed by atoms with E-state index in [1.807, 2.05) is 0 Å². The van der Waals surface area contributed by atoms with Crippen LogP contribution in [0.1, 0.15) is 43.6 Å². The molecule has 0 spiro atoms. The topological polar surface area (TPSA) is 66.4 Å². The van der Waals surface area contributed by atoms with Gasteiger partial charge in [0.1, 0.15) is 17.2 Å². The largest absolute Gasteiger partial charge is 0.480 e. The van der Waals surface area contributed by atoms with Crippen molar-refractivity contribution in [3.8, 4) is 0 Å². The summed E-state index contributed by atoms with van der Waals surface area (Å²) in [7, 11) is 0. The highest BCUT2D eigenvalue weighted by atomic mass is 19.1. The van der Waals surface area contributed by atoms with Crippen LogP contribution < -0.4 is 5.32 Å². The van der Waals surface area contributed by atoms with Gasteiger partial charge in [-0.05, 0) is 48.9 Å². The molecule has 1 aromatic rings. The van der Waals surface area contributed by atoms with Crippen LogP contribution in [0.4, 0.5) is 8.78 Å². The van der Waals surface area contributed by atoms with Crippen molar-refractivity contribution in [3.05, 3.63) is 35.4 Å². The lowest BCUT2D eigenvalue weighted by atomic mass is 9.97. The molecule has 2 aliphatic rings.